The van der Waals surface area contributed by atoms with Crippen LogP contribution < -0.4 is 15.4 Å². The van der Waals surface area contributed by atoms with Crippen molar-refractivity contribution < 1.29 is 14.6 Å². The second-order valence-electron chi connectivity index (χ2n) is 7.94. The van der Waals surface area contributed by atoms with E-state index in [9.17, 15) is 9.90 Å². The molecule has 2 unspecified atom stereocenters. The summed E-state index contributed by atoms with van der Waals surface area (Å²) in [5.74, 6) is -0.00711. The van der Waals surface area contributed by atoms with E-state index in [-0.39, 0.29) is 0 Å². The maximum Gasteiger partial charge on any atom is 0.308 e. The van der Waals surface area contributed by atoms with Crippen molar-refractivity contribution in [1.29, 1.82) is 0 Å². The number of hydrogen-bond donors (Lipinski definition) is 2. The summed E-state index contributed by atoms with van der Waals surface area (Å²) in [5, 5.41) is 9.41. The van der Waals surface area contributed by atoms with Crippen LogP contribution in [-0.4, -0.2) is 25.2 Å². The minimum Gasteiger partial charge on any atom is -0.481 e. The molecule has 3 N–H and O–H groups in total. The Morgan fingerprint density at radius 1 is 1.00 bits per heavy atom. The summed E-state index contributed by atoms with van der Waals surface area (Å²) < 4.78 is 6.10. The molecule has 30 heavy (non-hydrogen) atoms. The van der Waals surface area contributed by atoms with Crippen LogP contribution in [-0.2, 0) is 11.2 Å². The summed E-state index contributed by atoms with van der Waals surface area (Å²) in [7, 11) is 4.04. The Kier molecular flexibility index (Phi) is 5.46. The molecule has 0 fully saturated rings. The number of nitrogens with two attached hydrogens (primary N) is 1. The van der Waals surface area contributed by atoms with Gasteiger partial charge in [-0.05, 0) is 71.5 Å². The van der Waals surface area contributed by atoms with Crippen LogP contribution in [0, 0.1) is 5.92 Å². The van der Waals surface area contributed by atoms with Crippen LogP contribution in [0.4, 0.5) is 5.69 Å². The van der Waals surface area contributed by atoms with Gasteiger partial charge in [-0.25, -0.2) is 0 Å². The zero-order valence-corrected chi connectivity index (χ0v) is 17.2. The minimum atomic E-state index is -0.840. The average molecular weight is 402 g/mol. The summed E-state index contributed by atoms with van der Waals surface area (Å²) >= 11 is 0. The fraction of sp³-hybridized carbons (Fsp3) is 0.240. The lowest BCUT2D eigenvalue weighted by molar-refractivity contribution is -0.143. The monoisotopic (exact) mass is 402 g/mol. The normalized spacial score (nSPS) is 17.8. The van der Waals surface area contributed by atoms with Gasteiger partial charge >= 0.3 is 5.97 Å². The first-order valence-electron chi connectivity index (χ1n) is 10.1. The zero-order chi connectivity index (χ0) is 21.3. The van der Waals surface area contributed by atoms with E-state index < -0.39 is 17.9 Å². The molecular formula is C25H26N2O3. The molecule has 0 radical (unpaired) electrons. The van der Waals surface area contributed by atoms with Crippen molar-refractivity contribution in [2.75, 3.05) is 19.0 Å². The van der Waals surface area contributed by atoms with Crippen LogP contribution in [0.15, 0.2) is 66.7 Å². The number of nitrogens with zero attached hydrogens (tertiary/aromatic N) is 1. The number of carboxylic acid groups (broad SMARTS) is 1. The van der Waals surface area contributed by atoms with Gasteiger partial charge in [0.05, 0.1) is 5.92 Å². The van der Waals surface area contributed by atoms with Crippen LogP contribution >= 0.6 is 0 Å². The Labute approximate surface area is 176 Å². The third kappa shape index (κ3) is 4.02. The SMILES string of the molecule is CN(C)c1ccc(-c2cccc(Oc3ccc4c(c3)C(N)C(C(=O)O)CC4)c2)cc1. The molecule has 0 bridgehead atoms. The van der Waals surface area contributed by atoms with Crippen LogP contribution in [0.1, 0.15) is 23.6 Å². The van der Waals surface area contributed by atoms with Crippen molar-refractivity contribution in [2.24, 2.45) is 11.7 Å². The molecule has 0 aromatic heterocycles. The highest BCUT2D eigenvalue weighted by molar-refractivity contribution is 5.72. The molecule has 0 aliphatic heterocycles. The second-order valence-corrected chi connectivity index (χ2v) is 7.94. The first-order chi connectivity index (χ1) is 14.4. The fourth-order valence-electron chi connectivity index (χ4n) is 3.99. The molecule has 154 valence electrons. The third-order valence-corrected chi connectivity index (χ3v) is 5.74. The Balaban J connectivity index is 1.57. The van der Waals surface area contributed by atoms with Gasteiger partial charge in [0.2, 0.25) is 0 Å². The van der Waals surface area contributed by atoms with Gasteiger partial charge in [-0.2, -0.15) is 0 Å². The van der Waals surface area contributed by atoms with Gasteiger partial charge < -0.3 is 20.5 Å². The summed E-state index contributed by atoms with van der Waals surface area (Å²) in [4.78, 5) is 13.5. The number of aliphatic carboxylic acids is 1. The van der Waals surface area contributed by atoms with E-state index in [2.05, 4.69) is 35.2 Å². The fourth-order valence-corrected chi connectivity index (χ4v) is 3.99. The lowest BCUT2D eigenvalue weighted by Crippen LogP contribution is -2.32. The van der Waals surface area contributed by atoms with Crippen molar-refractivity contribution in [1.82, 2.24) is 0 Å². The molecule has 4 rings (SSSR count). The number of ether oxygens (including phenoxy) is 1. The van der Waals surface area contributed by atoms with Gasteiger partial charge in [-0.1, -0.05) is 30.3 Å². The quantitative estimate of drug-likeness (QED) is 0.637. The molecule has 5 nitrogen and oxygen atoms in total. The molecule has 3 aromatic rings. The highest BCUT2D eigenvalue weighted by atomic mass is 16.5. The lowest BCUT2D eigenvalue weighted by atomic mass is 9.80. The topological polar surface area (TPSA) is 75.8 Å². The molecule has 0 saturated carbocycles. The van der Waals surface area contributed by atoms with Crippen LogP contribution in [0.3, 0.4) is 0 Å². The van der Waals surface area contributed by atoms with E-state index in [0.29, 0.717) is 12.2 Å². The third-order valence-electron chi connectivity index (χ3n) is 5.74. The number of benzene rings is 3. The van der Waals surface area contributed by atoms with E-state index in [4.69, 9.17) is 10.5 Å². The molecule has 0 amide bonds. The first kappa shape index (κ1) is 20.0. The number of hydrogen-bond acceptors (Lipinski definition) is 4. The predicted molar refractivity (Wildman–Crippen MR) is 119 cm³/mol. The molecular weight excluding hydrogens is 376 g/mol. The van der Waals surface area contributed by atoms with Crippen LogP contribution in [0.25, 0.3) is 11.1 Å². The summed E-state index contributed by atoms with van der Waals surface area (Å²) in [6, 6.07) is 21.6. The molecule has 0 saturated heterocycles. The van der Waals surface area contributed by atoms with Gasteiger partial charge in [0, 0.05) is 25.8 Å². The molecule has 1 aliphatic carbocycles. The molecule has 5 heteroatoms. The molecule has 0 spiro atoms. The van der Waals surface area contributed by atoms with Crippen molar-refractivity contribution >= 4 is 11.7 Å². The predicted octanol–water partition coefficient (Wildman–Crippen LogP) is 4.86. The van der Waals surface area contributed by atoms with Crippen LogP contribution in [0.2, 0.25) is 0 Å². The van der Waals surface area contributed by atoms with Gasteiger partial charge in [0.1, 0.15) is 11.5 Å². The van der Waals surface area contributed by atoms with E-state index in [0.717, 1.165) is 40.1 Å². The van der Waals surface area contributed by atoms with E-state index in [1.807, 2.05) is 50.5 Å². The van der Waals surface area contributed by atoms with E-state index in [1.54, 1.807) is 0 Å². The lowest BCUT2D eigenvalue weighted by Gasteiger charge is -2.28. The average Bonchev–Trinajstić information content (AvgIpc) is 2.74. The highest BCUT2D eigenvalue weighted by Gasteiger charge is 2.32. The second kappa shape index (κ2) is 8.20. The zero-order valence-electron chi connectivity index (χ0n) is 17.2. The van der Waals surface area contributed by atoms with Gasteiger partial charge in [-0.15, -0.1) is 0 Å². The van der Waals surface area contributed by atoms with E-state index >= 15 is 0 Å². The van der Waals surface area contributed by atoms with Crippen LogP contribution in [0.5, 0.6) is 11.5 Å². The van der Waals surface area contributed by atoms with Crippen molar-refractivity contribution in [3.63, 3.8) is 0 Å². The van der Waals surface area contributed by atoms with Gasteiger partial charge in [0.15, 0.2) is 0 Å². The Morgan fingerprint density at radius 2 is 1.73 bits per heavy atom. The number of aryl methyl sites for hydroxylation is 1. The summed E-state index contributed by atoms with van der Waals surface area (Å²) in [6.07, 6.45) is 1.29. The maximum absolute atomic E-state index is 11.5. The highest BCUT2D eigenvalue weighted by Crippen LogP contribution is 2.36. The first-order valence-corrected chi connectivity index (χ1v) is 10.1. The largest absolute Gasteiger partial charge is 0.481 e. The molecule has 0 heterocycles. The molecule has 1 aliphatic rings. The summed E-state index contributed by atoms with van der Waals surface area (Å²) in [5.41, 5.74) is 11.5. The van der Waals surface area contributed by atoms with Crippen molar-refractivity contribution in [2.45, 2.75) is 18.9 Å². The Bertz CT molecular complexity index is 1060. The number of carboxylic acids is 1. The maximum atomic E-state index is 11.5. The number of rotatable bonds is 5. The number of carbonyl (C=O) groups is 1. The van der Waals surface area contributed by atoms with Crippen molar-refractivity contribution in [3.05, 3.63) is 77.9 Å². The number of anilines is 1. The smallest absolute Gasteiger partial charge is 0.308 e. The number of fused-ring (bicyclic) bond motifs is 1. The van der Waals surface area contributed by atoms with Gasteiger partial charge in [0.25, 0.3) is 0 Å². The molecule has 2 atom stereocenters. The Morgan fingerprint density at radius 3 is 2.43 bits per heavy atom. The van der Waals surface area contributed by atoms with Crippen molar-refractivity contribution in [3.8, 4) is 22.6 Å². The Hall–Kier alpha value is -3.31. The summed E-state index contributed by atoms with van der Waals surface area (Å²) in [6.45, 7) is 0. The van der Waals surface area contributed by atoms with Gasteiger partial charge in [-0.3, -0.25) is 4.79 Å². The van der Waals surface area contributed by atoms with E-state index in [1.165, 1.54) is 0 Å². The molecule has 3 aromatic carbocycles. The minimum absolute atomic E-state index is 0.517. The standard InChI is InChI=1S/C25H26N2O3/c1-27(2)19-10-6-16(7-11-19)18-4-3-5-20(14-18)30-21-12-8-17-9-13-22(25(28)29)24(26)23(17)15-21/h3-8,10-12,14-15,22,24H,9,13,26H2,1-2H3,(H,28,29).